The zero-order chi connectivity index (χ0) is 29.4. The number of nitrogens with one attached hydrogen (secondary N) is 4. The number of aryl methyl sites for hydroxylation is 1. The Morgan fingerprint density at radius 1 is 0.929 bits per heavy atom. The molecule has 0 aromatic heterocycles. The molecule has 42 heavy (non-hydrogen) atoms. The number of rotatable bonds is 10. The molecule has 0 bridgehead atoms. The van der Waals surface area contributed by atoms with Crippen LogP contribution in [0.4, 0.5) is 0 Å². The summed E-state index contributed by atoms with van der Waals surface area (Å²) in [7, 11) is 0. The highest BCUT2D eigenvalue weighted by Gasteiger charge is 2.34. The maximum Gasteiger partial charge on any atom is 0.242 e. The first-order chi connectivity index (χ1) is 19.7. The van der Waals surface area contributed by atoms with E-state index >= 15 is 0 Å². The average molecular weight is 596 g/mol. The third-order valence-electron chi connectivity index (χ3n) is 8.81. The summed E-state index contributed by atoms with van der Waals surface area (Å²) in [5.74, 6) is -0.158. The quantitative estimate of drug-likeness (QED) is 0.181. The van der Waals surface area contributed by atoms with Crippen molar-refractivity contribution in [2.75, 3.05) is 19.6 Å². The van der Waals surface area contributed by atoms with E-state index in [1.54, 1.807) is 0 Å². The highest BCUT2D eigenvalue weighted by molar-refractivity contribution is 5.95. The molecular weight excluding hydrogens is 550 g/mol. The standard InChI is InChI=1S/C32H45N7O2.ClH/c1-21-7-5-6-10-26(21)27(19-22-11-13-25(14-12-22)29(33)34)30(40)38-28(24-8-3-2-4-9-24)31(41)37-20-23-15-17-39(18-16-23)32(35)36;/h5-7,10-14,23-24,27-28H,2-4,8-9,15-20H2,1H3,(H3,33,34)(H3,35,36)(H,37,41)(H,38,40);1H/t27?,28-;/m0./s1. The fraction of sp³-hybridized carbons (Fsp3) is 0.500. The van der Waals surface area contributed by atoms with Crippen LogP contribution in [0.5, 0.6) is 0 Å². The van der Waals surface area contributed by atoms with Crippen LogP contribution in [-0.2, 0) is 16.0 Å². The first kappa shape index (κ1) is 32.9. The second-order valence-corrected chi connectivity index (χ2v) is 11.7. The second-order valence-electron chi connectivity index (χ2n) is 11.7. The van der Waals surface area contributed by atoms with Crippen molar-refractivity contribution in [3.63, 3.8) is 0 Å². The van der Waals surface area contributed by atoms with E-state index in [0.717, 1.165) is 74.7 Å². The van der Waals surface area contributed by atoms with Gasteiger partial charge in [-0.2, -0.15) is 0 Å². The number of amides is 2. The van der Waals surface area contributed by atoms with Crippen molar-refractivity contribution < 1.29 is 9.59 Å². The van der Waals surface area contributed by atoms with E-state index in [-0.39, 0.29) is 41.9 Å². The molecule has 2 aromatic rings. The van der Waals surface area contributed by atoms with Gasteiger partial charge in [-0.15, -0.1) is 12.4 Å². The number of carbonyl (C=O) groups excluding carboxylic acids is 2. The lowest BCUT2D eigenvalue weighted by Gasteiger charge is -2.34. The van der Waals surface area contributed by atoms with Crippen LogP contribution in [0.2, 0.25) is 0 Å². The predicted octanol–water partition coefficient (Wildman–Crippen LogP) is 3.81. The molecule has 1 aliphatic heterocycles. The summed E-state index contributed by atoms with van der Waals surface area (Å²) in [4.78, 5) is 29.6. The third kappa shape index (κ3) is 8.71. The summed E-state index contributed by atoms with van der Waals surface area (Å²) in [6.45, 7) is 4.03. The van der Waals surface area contributed by atoms with Gasteiger partial charge in [0.25, 0.3) is 0 Å². The van der Waals surface area contributed by atoms with Crippen molar-refractivity contribution in [2.24, 2.45) is 23.3 Å². The number of benzene rings is 2. The molecule has 2 atom stereocenters. The summed E-state index contributed by atoms with van der Waals surface area (Å²) in [5, 5.41) is 21.7. The number of carbonyl (C=O) groups is 2. The van der Waals surface area contributed by atoms with Gasteiger partial charge in [0.1, 0.15) is 11.9 Å². The third-order valence-corrected chi connectivity index (χ3v) is 8.81. The van der Waals surface area contributed by atoms with Crippen molar-refractivity contribution in [1.82, 2.24) is 15.5 Å². The van der Waals surface area contributed by atoms with Crippen molar-refractivity contribution in [1.29, 1.82) is 10.8 Å². The monoisotopic (exact) mass is 595 g/mol. The van der Waals surface area contributed by atoms with E-state index in [2.05, 4.69) is 10.6 Å². The summed E-state index contributed by atoms with van der Waals surface area (Å²) in [5.41, 5.74) is 14.9. The normalized spacial score (nSPS) is 17.4. The SMILES string of the molecule is Cc1ccccc1C(Cc1ccc(C(=N)N)cc1)C(=O)N[C@H](C(=O)NCC1CCN(C(=N)N)CC1)C1CCCCC1.Cl. The highest BCUT2D eigenvalue weighted by Crippen LogP contribution is 2.29. The minimum atomic E-state index is -0.577. The molecule has 2 fully saturated rings. The Morgan fingerprint density at radius 3 is 2.17 bits per heavy atom. The van der Waals surface area contributed by atoms with Crippen molar-refractivity contribution in [2.45, 2.75) is 70.3 Å². The van der Waals surface area contributed by atoms with Crippen LogP contribution in [0.25, 0.3) is 0 Å². The molecule has 1 saturated carbocycles. The Bertz CT molecular complexity index is 1220. The lowest BCUT2D eigenvalue weighted by Crippen LogP contribution is -2.53. The Morgan fingerprint density at radius 2 is 1.57 bits per heavy atom. The van der Waals surface area contributed by atoms with Crippen LogP contribution in [0.15, 0.2) is 48.5 Å². The zero-order valence-electron chi connectivity index (χ0n) is 24.5. The van der Waals surface area contributed by atoms with Gasteiger partial charge in [0, 0.05) is 25.2 Å². The van der Waals surface area contributed by atoms with Crippen molar-refractivity contribution in [3.8, 4) is 0 Å². The summed E-state index contributed by atoms with van der Waals surface area (Å²) in [6.07, 6.45) is 7.37. The molecular formula is C32H46ClN7O2. The van der Waals surface area contributed by atoms with Crippen molar-refractivity contribution >= 4 is 36.0 Å². The van der Waals surface area contributed by atoms with Gasteiger partial charge < -0.3 is 27.0 Å². The van der Waals surface area contributed by atoms with Gasteiger partial charge in [-0.3, -0.25) is 20.4 Å². The van der Waals surface area contributed by atoms with Crippen LogP contribution in [-0.4, -0.2) is 54.2 Å². The predicted molar refractivity (Wildman–Crippen MR) is 170 cm³/mol. The number of nitrogens with two attached hydrogens (primary N) is 2. The lowest BCUT2D eigenvalue weighted by molar-refractivity contribution is -0.131. The Hall–Kier alpha value is -3.59. The van der Waals surface area contributed by atoms with Gasteiger partial charge in [0.2, 0.25) is 11.8 Å². The molecule has 1 heterocycles. The molecule has 228 valence electrons. The van der Waals surface area contributed by atoms with E-state index in [0.29, 0.717) is 24.4 Å². The van der Waals surface area contributed by atoms with Gasteiger partial charge >= 0.3 is 0 Å². The van der Waals surface area contributed by atoms with Gasteiger partial charge in [-0.25, -0.2) is 0 Å². The number of halogens is 1. The molecule has 8 N–H and O–H groups in total. The molecule has 2 aromatic carbocycles. The number of guanidine groups is 1. The Kier molecular flexibility index (Phi) is 12.2. The number of likely N-dealkylation sites (tertiary alicyclic amines) is 1. The maximum absolute atomic E-state index is 14.1. The molecule has 2 aliphatic rings. The van der Waals surface area contributed by atoms with E-state index in [4.69, 9.17) is 22.3 Å². The first-order valence-corrected chi connectivity index (χ1v) is 14.9. The summed E-state index contributed by atoms with van der Waals surface area (Å²) >= 11 is 0. The van der Waals surface area contributed by atoms with Crippen molar-refractivity contribution in [3.05, 3.63) is 70.8 Å². The molecule has 1 saturated heterocycles. The number of nitrogen functional groups attached to an aromatic ring is 1. The fourth-order valence-corrected chi connectivity index (χ4v) is 6.23. The van der Waals surface area contributed by atoms with Crippen LogP contribution in [0, 0.1) is 29.6 Å². The minimum Gasteiger partial charge on any atom is -0.384 e. The second kappa shape index (κ2) is 15.6. The largest absolute Gasteiger partial charge is 0.384 e. The van der Waals surface area contributed by atoms with Crippen LogP contribution in [0.1, 0.15) is 73.1 Å². The molecule has 0 spiro atoms. The first-order valence-electron chi connectivity index (χ1n) is 14.9. The van der Waals surface area contributed by atoms with E-state index < -0.39 is 12.0 Å². The van der Waals surface area contributed by atoms with Gasteiger partial charge in [0.15, 0.2) is 5.96 Å². The molecule has 1 unspecified atom stereocenters. The van der Waals surface area contributed by atoms with E-state index in [9.17, 15) is 9.59 Å². The smallest absolute Gasteiger partial charge is 0.242 e. The minimum absolute atomic E-state index is 0. The number of amidine groups is 1. The van der Waals surface area contributed by atoms with Crippen LogP contribution in [0.3, 0.4) is 0 Å². The molecule has 1 aliphatic carbocycles. The zero-order valence-corrected chi connectivity index (χ0v) is 25.3. The summed E-state index contributed by atoms with van der Waals surface area (Å²) < 4.78 is 0. The topological polar surface area (TPSA) is 161 Å². The van der Waals surface area contributed by atoms with E-state index in [1.807, 2.05) is 60.4 Å². The highest BCUT2D eigenvalue weighted by atomic mass is 35.5. The number of piperidine rings is 1. The fourth-order valence-electron chi connectivity index (χ4n) is 6.23. The molecule has 4 rings (SSSR count). The average Bonchev–Trinajstić information content (AvgIpc) is 2.98. The molecule has 2 amide bonds. The van der Waals surface area contributed by atoms with E-state index in [1.165, 1.54) is 0 Å². The van der Waals surface area contributed by atoms with Gasteiger partial charge in [0.05, 0.1) is 5.92 Å². The Labute approximate surface area is 255 Å². The lowest BCUT2D eigenvalue weighted by atomic mass is 9.82. The van der Waals surface area contributed by atoms with Gasteiger partial charge in [-0.05, 0) is 67.6 Å². The Balaban J connectivity index is 0.00000484. The molecule has 10 heteroatoms. The molecule has 9 nitrogen and oxygen atoms in total. The van der Waals surface area contributed by atoms with Crippen LogP contribution < -0.4 is 22.1 Å². The maximum atomic E-state index is 14.1. The molecule has 0 radical (unpaired) electrons. The summed E-state index contributed by atoms with van der Waals surface area (Å²) in [6, 6.07) is 14.8. The number of hydrogen-bond donors (Lipinski definition) is 6. The number of hydrogen-bond acceptors (Lipinski definition) is 4. The number of nitrogens with zero attached hydrogens (tertiary/aromatic N) is 1. The van der Waals surface area contributed by atoms with Crippen LogP contribution >= 0.6 is 12.4 Å². The van der Waals surface area contributed by atoms with Gasteiger partial charge in [-0.1, -0.05) is 67.8 Å².